The summed E-state index contributed by atoms with van der Waals surface area (Å²) >= 11 is 5.27. The van der Waals surface area contributed by atoms with E-state index in [1.807, 2.05) is 0 Å². The van der Waals surface area contributed by atoms with E-state index in [0.29, 0.717) is 6.42 Å². The topological polar surface area (TPSA) is 60.7 Å². The van der Waals surface area contributed by atoms with E-state index in [4.69, 9.17) is 26.9 Å². The first kappa shape index (κ1) is 10.2. The fourth-order valence-corrected chi connectivity index (χ4v) is 0.770. The molecule has 0 aromatic rings. The molecule has 0 amide bonds. The molecule has 0 aromatic carbocycles. The van der Waals surface area contributed by atoms with Gasteiger partial charge in [-0.25, -0.2) is 0 Å². The number of aliphatic hydroxyl groups is 3. The van der Waals surface area contributed by atoms with Crippen molar-refractivity contribution < 1.29 is 15.3 Å². The van der Waals surface area contributed by atoms with Crippen LogP contribution in [-0.2, 0) is 0 Å². The van der Waals surface area contributed by atoms with E-state index >= 15 is 0 Å². The van der Waals surface area contributed by atoms with Crippen LogP contribution >= 0.6 is 11.6 Å². The summed E-state index contributed by atoms with van der Waals surface area (Å²) < 4.78 is 0. The summed E-state index contributed by atoms with van der Waals surface area (Å²) in [6.45, 7) is -0.0594. The highest BCUT2D eigenvalue weighted by atomic mass is 35.5. The minimum absolute atomic E-state index is 0.0594. The van der Waals surface area contributed by atoms with Crippen LogP contribution < -0.4 is 0 Å². The smallest absolute Gasteiger partial charge is 0.0700 e. The molecule has 0 saturated heterocycles. The second kappa shape index (κ2) is 5.92. The Labute approximate surface area is 65.2 Å². The number of hydrogen-bond donors (Lipinski definition) is 3. The molecule has 0 aliphatic heterocycles. The molecule has 3 N–H and O–H groups in total. The normalized spacial score (nSPS) is 16.8. The van der Waals surface area contributed by atoms with Crippen LogP contribution in [0.4, 0.5) is 0 Å². The quantitative estimate of drug-likeness (QED) is 0.495. The average molecular weight is 169 g/mol. The first-order valence-corrected chi connectivity index (χ1v) is 3.77. The van der Waals surface area contributed by atoms with Crippen molar-refractivity contribution in [1.82, 2.24) is 0 Å². The molecular weight excluding hydrogens is 156 g/mol. The molecule has 0 bridgehead atoms. The maximum atomic E-state index is 8.97. The molecule has 10 heavy (non-hydrogen) atoms. The monoisotopic (exact) mass is 168 g/mol. The highest BCUT2D eigenvalue weighted by Gasteiger charge is 2.09. The van der Waals surface area contributed by atoms with E-state index in [9.17, 15) is 0 Å². The maximum absolute atomic E-state index is 8.97. The van der Waals surface area contributed by atoms with Gasteiger partial charge in [0.1, 0.15) is 0 Å². The van der Waals surface area contributed by atoms with Gasteiger partial charge in [0.2, 0.25) is 0 Å². The van der Waals surface area contributed by atoms with Gasteiger partial charge >= 0.3 is 0 Å². The van der Waals surface area contributed by atoms with E-state index < -0.39 is 12.2 Å². The summed E-state index contributed by atoms with van der Waals surface area (Å²) in [5, 5.41) is 26.2. The van der Waals surface area contributed by atoms with Gasteiger partial charge in [-0.2, -0.15) is 0 Å². The van der Waals surface area contributed by atoms with Crippen molar-refractivity contribution in [2.75, 3.05) is 12.5 Å². The van der Waals surface area contributed by atoms with Gasteiger partial charge in [0.15, 0.2) is 0 Å². The van der Waals surface area contributed by atoms with E-state index in [0.717, 1.165) is 0 Å². The van der Waals surface area contributed by atoms with Gasteiger partial charge in [0.05, 0.1) is 12.2 Å². The van der Waals surface area contributed by atoms with Crippen molar-refractivity contribution in [2.24, 2.45) is 0 Å². The Morgan fingerprint density at radius 3 is 2.20 bits per heavy atom. The molecule has 3 nitrogen and oxygen atoms in total. The summed E-state index contributed by atoms with van der Waals surface area (Å²) in [5.74, 6) is 0.127. The minimum atomic E-state index is -0.664. The Morgan fingerprint density at radius 2 is 1.80 bits per heavy atom. The molecule has 0 heterocycles. The number of halogens is 1. The molecule has 0 rings (SSSR count). The van der Waals surface area contributed by atoms with Crippen LogP contribution in [0.3, 0.4) is 0 Å². The van der Waals surface area contributed by atoms with Gasteiger partial charge < -0.3 is 15.3 Å². The molecule has 0 aromatic heterocycles. The van der Waals surface area contributed by atoms with Crippen LogP contribution in [0.2, 0.25) is 0 Å². The standard InChI is InChI=1S/C6H13ClO3/c7-4-6(10)3-5(9)1-2-8/h5-6,8-10H,1-4H2/t5?,6-/m0/s1. The third-order valence-corrected chi connectivity index (χ3v) is 1.54. The molecule has 0 saturated carbocycles. The highest BCUT2D eigenvalue weighted by Crippen LogP contribution is 2.02. The van der Waals surface area contributed by atoms with E-state index in [1.54, 1.807) is 0 Å². The van der Waals surface area contributed by atoms with Crippen molar-refractivity contribution in [1.29, 1.82) is 0 Å². The van der Waals surface area contributed by atoms with Gasteiger partial charge in [-0.3, -0.25) is 0 Å². The third kappa shape index (κ3) is 4.99. The predicted molar refractivity (Wildman–Crippen MR) is 39.1 cm³/mol. The van der Waals surface area contributed by atoms with Gasteiger partial charge in [-0.15, -0.1) is 11.6 Å². The second-order valence-corrected chi connectivity index (χ2v) is 2.52. The Bertz CT molecular complexity index is 79.4. The van der Waals surface area contributed by atoms with Crippen LogP contribution in [0.1, 0.15) is 12.8 Å². The molecule has 0 radical (unpaired) electrons. The van der Waals surface area contributed by atoms with Gasteiger partial charge in [0, 0.05) is 18.9 Å². The van der Waals surface area contributed by atoms with Crippen LogP contribution in [0.5, 0.6) is 0 Å². The maximum Gasteiger partial charge on any atom is 0.0700 e. The largest absolute Gasteiger partial charge is 0.396 e. The fraction of sp³-hybridized carbons (Fsp3) is 1.00. The predicted octanol–water partition coefficient (Wildman–Crippen LogP) is -0.281. The zero-order chi connectivity index (χ0) is 7.98. The lowest BCUT2D eigenvalue weighted by Gasteiger charge is -2.11. The third-order valence-electron chi connectivity index (χ3n) is 1.18. The Morgan fingerprint density at radius 1 is 1.20 bits per heavy atom. The second-order valence-electron chi connectivity index (χ2n) is 2.21. The Hall–Kier alpha value is 0.170. The molecule has 62 valence electrons. The summed E-state index contributed by atoms with van der Waals surface area (Å²) in [4.78, 5) is 0. The first-order chi connectivity index (χ1) is 4.70. The molecule has 2 atom stereocenters. The van der Waals surface area contributed by atoms with Crippen molar-refractivity contribution in [2.45, 2.75) is 25.0 Å². The number of aliphatic hydroxyl groups excluding tert-OH is 3. The molecule has 0 aliphatic rings. The summed E-state index contributed by atoms with van der Waals surface area (Å²) in [6, 6.07) is 0. The number of rotatable bonds is 5. The van der Waals surface area contributed by atoms with Gasteiger partial charge in [-0.1, -0.05) is 0 Å². The Balaban J connectivity index is 3.27. The summed E-state index contributed by atoms with van der Waals surface area (Å²) in [7, 11) is 0. The number of hydrogen-bond acceptors (Lipinski definition) is 3. The van der Waals surface area contributed by atoms with Crippen LogP contribution in [-0.4, -0.2) is 40.0 Å². The summed E-state index contributed by atoms with van der Waals surface area (Å²) in [5.41, 5.74) is 0. The van der Waals surface area contributed by atoms with Crippen LogP contribution in [0, 0.1) is 0 Å². The van der Waals surface area contributed by atoms with Crippen molar-refractivity contribution in [3.63, 3.8) is 0 Å². The lowest BCUT2D eigenvalue weighted by atomic mass is 10.1. The molecular formula is C6H13ClO3. The van der Waals surface area contributed by atoms with E-state index in [2.05, 4.69) is 0 Å². The van der Waals surface area contributed by atoms with Crippen molar-refractivity contribution in [3.05, 3.63) is 0 Å². The fourth-order valence-electron chi connectivity index (χ4n) is 0.644. The molecule has 4 heteroatoms. The lowest BCUT2D eigenvalue weighted by Crippen LogP contribution is -2.19. The molecule has 1 unspecified atom stereocenters. The van der Waals surface area contributed by atoms with Gasteiger partial charge in [0.25, 0.3) is 0 Å². The van der Waals surface area contributed by atoms with Gasteiger partial charge in [-0.05, 0) is 6.42 Å². The zero-order valence-electron chi connectivity index (χ0n) is 5.70. The highest BCUT2D eigenvalue weighted by molar-refractivity contribution is 6.18. The minimum Gasteiger partial charge on any atom is -0.396 e. The zero-order valence-corrected chi connectivity index (χ0v) is 6.46. The lowest BCUT2D eigenvalue weighted by molar-refractivity contribution is 0.0735. The van der Waals surface area contributed by atoms with E-state index in [-0.39, 0.29) is 18.9 Å². The number of alkyl halides is 1. The van der Waals surface area contributed by atoms with Crippen molar-refractivity contribution in [3.8, 4) is 0 Å². The molecule has 0 fully saturated rings. The van der Waals surface area contributed by atoms with Crippen LogP contribution in [0.15, 0.2) is 0 Å². The Kier molecular flexibility index (Phi) is 6.02. The van der Waals surface area contributed by atoms with Crippen LogP contribution in [0.25, 0.3) is 0 Å². The first-order valence-electron chi connectivity index (χ1n) is 3.23. The van der Waals surface area contributed by atoms with E-state index in [1.165, 1.54) is 0 Å². The van der Waals surface area contributed by atoms with Crippen molar-refractivity contribution >= 4 is 11.6 Å². The summed E-state index contributed by atoms with van der Waals surface area (Å²) in [6.07, 6.45) is -0.764. The average Bonchev–Trinajstić information content (AvgIpc) is 1.88. The molecule has 0 aliphatic carbocycles. The SMILES string of the molecule is OCCC(O)C[C@H](O)CCl. The molecule has 0 spiro atoms.